The molecule has 0 atom stereocenters. The summed E-state index contributed by atoms with van der Waals surface area (Å²) in [5, 5.41) is 0. The van der Waals surface area contributed by atoms with E-state index in [1.807, 2.05) is 30.3 Å². The highest BCUT2D eigenvalue weighted by molar-refractivity contribution is 7.92. The molecule has 1 fully saturated rings. The fourth-order valence-corrected chi connectivity index (χ4v) is 4.68. The van der Waals surface area contributed by atoms with E-state index in [2.05, 4.69) is 4.90 Å². The van der Waals surface area contributed by atoms with Crippen LogP contribution < -0.4 is 18.7 Å². The van der Waals surface area contributed by atoms with Crippen molar-refractivity contribution < 1.29 is 22.7 Å². The molecule has 0 aromatic heterocycles. The van der Waals surface area contributed by atoms with Crippen molar-refractivity contribution in [3.63, 3.8) is 0 Å². The van der Waals surface area contributed by atoms with Crippen LogP contribution in [0.4, 0.5) is 11.4 Å². The summed E-state index contributed by atoms with van der Waals surface area (Å²) in [6.07, 6.45) is 0. The molecule has 2 aromatic rings. The molecule has 9 heteroatoms. The number of anilines is 2. The third-order valence-electron chi connectivity index (χ3n) is 5.38. The average molecular weight is 432 g/mol. The first kappa shape index (κ1) is 20.3. The molecular weight excluding hydrogens is 406 g/mol. The van der Waals surface area contributed by atoms with Crippen molar-refractivity contribution in [3.05, 3.63) is 48.5 Å². The maximum atomic E-state index is 13.0. The normalized spacial score (nSPS) is 15.9. The van der Waals surface area contributed by atoms with Gasteiger partial charge in [0.05, 0.1) is 11.4 Å². The second-order valence-electron chi connectivity index (χ2n) is 7.15. The molecule has 0 N–H and O–H groups in total. The van der Waals surface area contributed by atoms with Crippen LogP contribution in [0.15, 0.2) is 48.5 Å². The molecule has 0 radical (unpaired) electrons. The van der Waals surface area contributed by atoms with Gasteiger partial charge in [-0.25, -0.2) is 8.42 Å². The van der Waals surface area contributed by atoms with Crippen LogP contribution in [0.2, 0.25) is 0 Å². The van der Waals surface area contributed by atoms with Crippen LogP contribution in [0.5, 0.6) is 11.5 Å². The van der Waals surface area contributed by atoms with Gasteiger partial charge in [-0.15, -0.1) is 0 Å². The van der Waals surface area contributed by atoms with Gasteiger partial charge in [-0.2, -0.15) is 0 Å². The summed E-state index contributed by atoms with van der Waals surface area (Å²) < 4.78 is 37.3. The van der Waals surface area contributed by atoms with E-state index in [0.29, 0.717) is 43.4 Å². The fourth-order valence-electron chi connectivity index (χ4n) is 3.62. The maximum absolute atomic E-state index is 13.0. The number of sulfonamides is 1. The van der Waals surface area contributed by atoms with Gasteiger partial charge >= 0.3 is 0 Å². The van der Waals surface area contributed by atoms with Crippen molar-refractivity contribution >= 4 is 27.3 Å². The monoisotopic (exact) mass is 431 g/mol. The van der Waals surface area contributed by atoms with E-state index in [9.17, 15) is 13.2 Å². The molecule has 160 valence electrons. The van der Waals surface area contributed by atoms with Crippen molar-refractivity contribution in [1.29, 1.82) is 0 Å². The lowest BCUT2D eigenvalue weighted by atomic mass is 10.2. The molecule has 0 bridgehead atoms. The van der Waals surface area contributed by atoms with E-state index in [4.69, 9.17) is 9.47 Å². The SMILES string of the molecule is CCS(=O)(=O)N(CC(=O)N1CCN(c2ccccc2)CC1)c1ccc2c(c1)OCO2. The van der Waals surface area contributed by atoms with Gasteiger partial charge in [0.1, 0.15) is 6.54 Å². The summed E-state index contributed by atoms with van der Waals surface area (Å²) >= 11 is 0. The molecule has 2 heterocycles. The van der Waals surface area contributed by atoms with Crippen LogP contribution in [0, 0.1) is 0 Å². The molecule has 0 aliphatic carbocycles. The van der Waals surface area contributed by atoms with Crippen LogP contribution in [0.3, 0.4) is 0 Å². The smallest absolute Gasteiger partial charge is 0.243 e. The number of ether oxygens (including phenoxy) is 2. The van der Waals surface area contributed by atoms with E-state index in [1.165, 1.54) is 4.31 Å². The maximum Gasteiger partial charge on any atom is 0.243 e. The number of hydrogen-bond acceptors (Lipinski definition) is 6. The van der Waals surface area contributed by atoms with Crippen LogP contribution in [-0.2, 0) is 14.8 Å². The molecule has 0 spiro atoms. The predicted octanol–water partition coefficient (Wildman–Crippen LogP) is 1.92. The Kier molecular flexibility index (Phi) is 5.72. The first-order valence-corrected chi connectivity index (χ1v) is 11.6. The molecule has 2 aliphatic heterocycles. The number of carbonyl (C=O) groups excluding carboxylic acids is 1. The second kappa shape index (κ2) is 8.43. The Morgan fingerprint density at radius 3 is 2.40 bits per heavy atom. The van der Waals surface area contributed by atoms with Gasteiger partial charge in [-0.1, -0.05) is 18.2 Å². The fraction of sp³-hybridized carbons (Fsp3) is 0.381. The van der Waals surface area contributed by atoms with E-state index < -0.39 is 10.0 Å². The molecule has 1 saturated heterocycles. The lowest BCUT2D eigenvalue weighted by Crippen LogP contribution is -2.52. The van der Waals surface area contributed by atoms with E-state index in [1.54, 1.807) is 30.0 Å². The minimum atomic E-state index is -3.64. The number of hydrogen-bond donors (Lipinski definition) is 0. The van der Waals surface area contributed by atoms with Crippen LogP contribution in [-0.4, -0.2) is 64.5 Å². The average Bonchev–Trinajstić information content (AvgIpc) is 3.26. The number of piperazine rings is 1. The first-order chi connectivity index (χ1) is 14.5. The van der Waals surface area contributed by atoms with E-state index in [-0.39, 0.29) is 25.0 Å². The highest BCUT2D eigenvalue weighted by Crippen LogP contribution is 2.36. The van der Waals surface area contributed by atoms with Gasteiger partial charge < -0.3 is 19.3 Å². The van der Waals surface area contributed by atoms with Crippen molar-refractivity contribution in [3.8, 4) is 11.5 Å². The van der Waals surface area contributed by atoms with Gasteiger partial charge in [0.15, 0.2) is 11.5 Å². The molecule has 0 unspecified atom stereocenters. The number of amides is 1. The quantitative estimate of drug-likeness (QED) is 0.695. The van der Waals surface area contributed by atoms with E-state index >= 15 is 0 Å². The third kappa shape index (κ3) is 4.16. The van der Waals surface area contributed by atoms with Crippen LogP contribution in [0.1, 0.15) is 6.92 Å². The topological polar surface area (TPSA) is 79.4 Å². The summed E-state index contributed by atoms with van der Waals surface area (Å²) in [6, 6.07) is 15.0. The minimum Gasteiger partial charge on any atom is -0.454 e. The second-order valence-corrected chi connectivity index (χ2v) is 9.33. The van der Waals surface area contributed by atoms with Gasteiger partial charge in [0, 0.05) is 37.9 Å². The van der Waals surface area contributed by atoms with Crippen molar-refractivity contribution in [2.24, 2.45) is 0 Å². The summed E-state index contributed by atoms with van der Waals surface area (Å²) in [7, 11) is -3.64. The molecule has 1 amide bonds. The summed E-state index contributed by atoms with van der Waals surface area (Å²) in [6.45, 7) is 3.95. The Labute approximate surface area is 176 Å². The largest absolute Gasteiger partial charge is 0.454 e. The Morgan fingerprint density at radius 2 is 1.70 bits per heavy atom. The summed E-state index contributed by atoms with van der Waals surface area (Å²) in [5.41, 5.74) is 1.53. The Bertz CT molecular complexity index is 1000. The highest BCUT2D eigenvalue weighted by Gasteiger charge is 2.29. The number of benzene rings is 2. The lowest BCUT2D eigenvalue weighted by Gasteiger charge is -2.37. The summed E-state index contributed by atoms with van der Waals surface area (Å²) in [5.74, 6) is 0.734. The molecule has 8 nitrogen and oxygen atoms in total. The number of fused-ring (bicyclic) bond motifs is 1. The predicted molar refractivity (Wildman–Crippen MR) is 115 cm³/mol. The van der Waals surface area contributed by atoms with Gasteiger partial charge in [0.2, 0.25) is 22.7 Å². The Morgan fingerprint density at radius 1 is 1.00 bits per heavy atom. The number of rotatable bonds is 6. The van der Waals surface area contributed by atoms with Gasteiger partial charge in [-0.3, -0.25) is 9.10 Å². The number of para-hydroxylation sites is 1. The van der Waals surface area contributed by atoms with E-state index in [0.717, 1.165) is 5.69 Å². The van der Waals surface area contributed by atoms with Crippen LogP contribution >= 0.6 is 0 Å². The lowest BCUT2D eigenvalue weighted by molar-refractivity contribution is -0.129. The van der Waals surface area contributed by atoms with Gasteiger partial charge in [-0.05, 0) is 31.2 Å². The molecular formula is C21H25N3O5S. The standard InChI is InChI=1S/C21H25N3O5S/c1-2-30(26,27)24(18-8-9-19-20(14-18)29-16-28-19)15-21(25)23-12-10-22(11-13-23)17-6-4-3-5-7-17/h3-9,14H,2,10-13,15-16H2,1H3. The number of carbonyl (C=O) groups is 1. The molecule has 0 saturated carbocycles. The van der Waals surface area contributed by atoms with Crippen LogP contribution in [0.25, 0.3) is 0 Å². The Hall–Kier alpha value is -2.94. The molecule has 4 rings (SSSR count). The molecule has 30 heavy (non-hydrogen) atoms. The Balaban J connectivity index is 1.46. The van der Waals surface area contributed by atoms with Gasteiger partial charge in [0.25, 0.3) is 0 Å². The zero-order valence-corrected chi connectivity index (χ0v) is 17.7. The molecule has 2 aliphatic rings. The summed E-state index contributed by atoms with van der Waals surface area (Å²) in [4.78, 5) is 16.9. The van der Waals surface area contributed by atoms with Crippen molar-refractivity contribution in [2.45, 2.75) is 6.92 Å². The first-order valence-electron chi connectivity index (χ1n) is 9.96. The minimum absolute atomic E-state index is 0.101. The zero-order valence-electron chi connectivity index (χ0n) is 16.9. The zero-order chi connectivity index (χ0) is 21.1. The van der Waals surface area contributed by atoms with Crippen molar-refractivity contribution in [2.75, 3.05) is 54.5 Å². The molecule has 2 aromatic carbocycles. The number of nitrogens with zero attached hydrogens (tertiary/aromatic N) is 3. The third-order valence-corrected chi connectivity index (χ3v) is 7.12. The highest BCUT2D eigenvalue weighted by atomic mass is 32.2. The van der Waals surface area contributed by atoms with Crippen molar-refractivity contribution in [1.82, 2.24) is 4.90 Å².